The van der Waals surface area contributed by atoms with Crippen LogP contribution in [0.3, 0.4) is 0 Å². The van der Waals surface area contributed by atoms with E-state index < -0.39 is 0 Å². The van der Waals surface area contributed by atoms with Gasteiger partial charge in [0, 0.05) is 10.9 Å². The second-order valence-corrected chi connectivity index (χ2v) is 4.08. The number of hydrogen-bond acceptors (Lipinski definition) is 3. The second-order valence-electron chi connectivity index (χ2n) is 4.08. The Morgan fingerprint density at radius 2 is 1.68 bits per heavy atom. The average Bonchev–Trinajstić information content (AvgIpc) is 2.47. The van der Waals surface area contributed by atoms with Gasteiger partial charge < -0.3 is 0 Å². The van der Waals surface area contributed by atoms with Gasteiger partial charge in [0.2, 0.25) is 5.78 Å². The second kappa shape index (κ2) is 4.57. The molecule has 3 nitrogen and oxygen atoms in total. The minimum Gasteiger partial charge on any atom is -0.287 e. The molecule has 0 radical (unpaired) electrons. The van der Waals surface area contributed by atoms with Gasteiger partial charge in [0.15, 0.2) is 0 Å². The molecule has 0 atom stereocenters. The molecule has 92 valence electrons. The molecule has 1 aromatic heterocycles. The van der Waals surface area contributed by atoms with E-state index in [2.05, 4.69) is 9.97 Å². The quantitative estimate of drug-likeness (QED) is 0.658. The van der Waals surface area contributed by atoms with Crippen LogP contribution in [0.25, 0.3) is 10.9 Å². The molecule has 3 aromatic rings. The normalized spacial score (nSPS) is 10.6. The molecule has 0 aliphatic heterocycles. The fourth-order valence-corrected chi connectivity index (χ4v) is 1.92. The highest BCUT2D eigenvalue weighted by Gasteiger charge is 2.14. The lowest BCUT2D eigenvalue weighted by atomic mass is 10.0. The molecule has 0 saturated heterocycles. The highest BCUT2D eigenvalue weighted by Crippen LogP contribution is 2.17. The molecule has 0 aliphatic rings. The molecule has 0 saturated carbocycles. The summed E-state index contributed by atoms with van der Waals surface area (Å²) in [6, 6.07) is 12.7. The van der Waals surface area contributed by atoms with Gasteiger partial charge in [-0.25, -0.2) is 14.4 Å². The Balaban J connectivity index is 2.14. The van der Waals surface area contributed by atoms with Crippen LogP contribution in [0.5, 0.6) is 0 Å². The molecular weight excluding hydrogens is 243 g/mol. The van der Waals surface area contributed by atoms with Crippen LogP contribution in [0.4, 0.5) is 4.39 Å². The standard InChI is InChI=1S/C15H9FN2O/c16-11-7-5-10(6-8-11)15(19)14-12-3-1-2-4-13(12)17-9-18-14/h1-9H. The summed E-state index contributed by atoms with van der Waals surface area (Å²) in [7, 11) is 0. The monoisotopic (exact) mass is 252 g/mol. The van der Waals surface area contributed by atoms with Crippen molar-refractivity contribution in [1.29, 1.82) is 0 Å². The first-order valence-electron chi connectivity index (χ1n) is 5.76. The maximum Gasteiger partial charge on any atom is 0.212 e. The van der Waals surface area contributed by atoms with E-state index in [9.17, 15) is 9.18 Å². The number of halogens is 1. The highest BCUT2D eigenvalue weighted by atomic mass is 19.1. The highest BCUT2D eigenvalue weighted by molar-refractivity contribution is 6.14. The molecule has 0 unspecified atom stereocenters. The average molecular weight is 252 g/mol. The van der Waals surface area contributed by atoms with Crippen molar-refractivity contribution in [1.82, 2.24) is 9.97 Å². The van der Waals surface area contributed by atoms with Gasteiger partial charge in [-0.1, -0.05) is 18.2 Å². The number of fused-ring (bicyclic) bond motifs is 1. The van der Waals surface area contributed by atoms with Gasteiger partial charge in [-0.2, -0.15) is 0 Å². The van der Waals surface area contributed by atoms with E-state index in [4.69, 9.17) is 0 Å². The number of carbonyl (C=O) groups excluding carboxylic acids is 1. The van der Waals surface area contributed by atoms with Crippen molar-refractivity contribution in [2.24, 2.45) is 0 Å². The molecular formula is C15H9FN2O. The van der Waals surface area contributed by atoms with E-state index in [1.807, 2.05) is 18.2 Å². The molecule has 1 heterocycles. The number of rotatable bonds is 2. The lowest BCUT2D eigenvalue weighted by Gasteiger charge is -2.04. The van der Waals surface area contributed by atoms with Crippen LogP contribution in [-0.4, -0.2) is 15.8 Å². The van der Waals surface area contributed by atoms with Crippen LogP contribution in [0, 0.1) is 5.82 Å². The summed E-state index contributed by atoms with van der Waals surface area (Å²) in [5.41, 5.74) is 1.45. The molecule has 0 N–H and O–H groups in total. The fourth-order valence-electron chi connectivity index (χ4n) is 1.92. The van der Waals surface area contributed by atoms with Crippen molar-refractivity contribution >= 4 is 16.7 Å². The molecule has 0 spiro atoms. The molecule has 0 bridgehead atoms. The SMILES string of the molecule is O=C(c1ccc(F)cc1)c1ncnc2ccccc12. The minimum absolute atomic E-state index is 0.237. The Labute approximate surface area is 108 Å². The third kappa shape index (κ3) is 2.08. The maximum atomic E-state index is 12.9. The number of nitrogens with zero attached hydrogens (tertiary/aromatic N) is 2. The van der Waals surface area contributed by atoms with Crippen molar-refractivity contribution in [3.05, 3.63) is 71.9 Å². The van der Waals surface area contributed by atoms with Gasteiger partial charge in [-0.05, 0) is 30.3 Å². The van der Waals surface area contributed by atoms with E-state index in [-0.39, 0.29) is 11.6 Å². The van der Waals surface area contributed by atoms with Crippen molar-refractivity contribution in [3.63, 3.8) is 0 Å². The summed E-state index contributed by atoms with van der Waals surface area (Å²) < 4.78 is 12.9. The number of aromatic nitrogens is 2. The van der Waals surface area contributed by atoms with Crippen molar-refractivity contribution < 1.29 is 9.18 Å². The Kier molecular flexibility index (Phi) is 2.76. The Morgan fingerprint density at radius 1 is 0.947 bits per heavy atom. The van der Waals surface area contributed by atoms with Gasteiger partial charge in [-0.3, -0.25) is 4.79 Å². The van der Waals surface area contributed by atoms with Crippen LogP contribution in [0.2, 0.25) is 0 Å². The van der Waals surface area contributed by atoms with E-state index in [1.165, 1.54) is 30.6 Å². The van der Waals surface area contributed by atoms with E-state index in [0.717, 1.165) is 0 Å². The zero-order valence-corrected chi connectivity index (χ0v) is 9.88. The first kappa shape index (κ1) is 11.5. The van der Waals surface area contributed by atoms with Crippen molar-refractivity contribution in [2.75, 3.05) is 0 Å². The molecule has 0 fully saturated rings. The molecule has 4 heteroatoms. The van der Waals surface area contributed by atoms with E-state index >= 15 is 0 Å². The Morgan fingerprint density at radius 3 is 2.47 bits per heavy atom. The number of hydrogen-bond donors (Lipinski definition) is 0. The molecule has 0 aliphatic carbocycles. The summed E-state index contributed by atoms with van der Waals surface area (Å²) >= 11 is 0. The fraction of sp³-hybridized carbons (Fsp3) is 0. The van der Waals surface area contributed by atoms with Gasteiger partial charge >= 0.3 is 0 Å². The largest absolute Gasteiger partial charge is 0.287 e. The summed E-state index contributed by atoms with van der Waals surface area (Å²) in [6.07, 6.45) is 1.36. The van der Waals surface area contributed by atoms with Crippen LogP contribution < -0.4 is 0 Å². The minimum atomic E-state index is -0.371. The van der Waals surface area contributed by atoms with Gasteiger partial charge in [0.05, 0.1) is 5.52 Å². The molecule has 19 heavy (non-hydrogen) atoms. The van der Waals surface area contributed by atoms with Crippen LogP contribution in [0.15, 0.2) is 54.9 Å². The van der Waals surface area contributed by atoms with Crippen LogP contribution in [0.1, 0.15) is 16.1 Å². The molecule has 0 amide bonds. The molecule has 2 aromatic carbocycles. The van der Waals surface area contributed by atoms with Crippen molar-refractivity contribution in [2.45, 2.75) is 0 Å². The Hall–Kier alpha value is -2.62. The summed E-state index contributed by atoms with van der Waals surface area (Å²) in [6.45, 7) is 0. The first-order valence-corrected chi connectivity index (χ1v) is 5.76. The molecule has 3 rings (SSSR count). The predicted molar refractivity (Wildman–Crippen MR) is 69.4 cm³/mol. The Bertz CT molecular complexity index is 748. The van der Waals surface area contributed by atoms with Gasteiger partial charge in [-0.15, -0.1) is 0 Å². The lowest BCUT2D eigenvalue weighted by molar-refractivity contribution is 0.103. The maximum absolute atomic E-state index is 12.9. The summed E-state index contributed by atoms with van der Waals surface area (Å²) in [4.78, 5) is 20.5. The number of carbonyl (C=O) groups is 1. The van der Waals surface area contributed by atoms with Crippen molar-refractivity contribution in [3.8, 4) is 0 Å². The van der Waals surface area contributed by atoms with E-state index in [0.29, 0.717) is 22.2 Å². The zero-order chi connectivity index (χ0) is 13.2. The summed E-state index contributed by atoms with van der Waals surface area (Å²) in [5, 5.41) is 0.694. The van der Waals surface area contributed by atoms with Crippen LogP contribution >= 0.6 is 0 Å². The number of benzene rings is 2. The number of para-hydroxylation sites is 1. The van der Waals surface area contributed by atoms with Gasteiger partial charge in [0.25, 0.3) is 0 Å². The third-order valence-corrected chi connectivity index (χ3v) is 2.86. The predicted octanol–water partition coefficient (Wildman–Crippen LogP) is 3.00. The number of ketones is 1. The van der Waals surface area contributed by atoms with Gasteiger partial charge in [0.1, 0.15) is 17.8 Å². The third-order valence-electron chi connectivity index (χ3n) is 2.86. The zero-order valence-electron chi connectivity index (χ0n) is 9.88. The first-order chi connectivity index (χ1) is 9.25. The van der Waals surface area contributed by atoms with Crippen LogP contribution in [-0.2, 0) is 0 Å². The summed E-state index contributed by atoms with van der Waals surface area (Å²) in [5.74, 6) is -0.609. The topological polar surface area (TPSA) is 42.9 Å². The lowest BCUT2D eigenvalue weighted by Crippen LogP contribution is -2.05. The smallest absolute Gasteiger partial charge is 0.212 e. The van der Waals surface area contributed by atoms with E-state index in [1.54, 1.807) is 6.07 Å².